The second-order valence-corrected chi connectivity index (χ2v) is 10.7. The minimum absolute atomic E-state index is 0.190. The normalized spacial score (nSPS) is 15.0. The standard InChI is InChI=1S/C33H29N3O5S/c1-5-41-32(38)28-19(2)34-33-36(30(28)23-16-15-21(39-3)17-26(23)40-4)31(37)27(42-33)18-24-22-13-9-10-14-25(22)35-29(24)20-11-7-6-8-12-20/h6-18,30,35H,5H2,1-4H3/b27-18+/t30-/m1/s1. The molecule has 212 valence electrons. The third-order valence-corrected chi connectivity index (χ3v) is 8.32. The van der Waals surface area contributed by atoms with Gasteiger partial charge < -0.3 is 19.2 Å². The van der Waals surface area contributed by atoms with E-state index in [2.05, 4.69) is 4.98 Å². The van der Waals surface area contributed by atoms with E-state index in [0.29, 0.717) is 32.1 Å². The fraction of sp³-hybridized carbons (Fsp3) is 0.182. The molecule has 0 spiro atoms. The van der Waals surface area contributed by atoms with E-state index in [0.717, 1.165) is 27.7 Å². The molecule has 0 radical (unpaired) electrons. The van der Waals surface area contributed by atoms with Gasteiger partial charge in [-0.2, -0.15) is 0 Å². The van der Waals surface area contributed by atoms with Crippen LogP contribution in [0.1, 0.15) is 31.0 Å². The molecule has 2 aromatic heterocycles. The number of rotatable bonds is 7. The number of para-hydroxylation sites is 1. The summed E-state index contributed by atoms with van der Waals surface area (Å²) in [4.78, 5) is 36.3. The maximum Gasteiger partial charge on any atom is 0.338 e. The summed E-state index contributed by atoms with van der Waals surface area (Å²) >= 11 is 1.29. The largest absolute Gasteiger partial charge is 0.497 e. The van der Waals surface area contributed by atoms with E-state index in [4.69, 9.17) is 19.2 Å². The summed E-state index contributed by atoms with van der Waals surface area (Å²) in [6.07, 6.45) is 1.91. The molecule has 0 unspecified atom stereocenters. The van der Waals surface area contributed by atoms with Gasteiger partial charge in [0.2, 0.25) is 0 Å². The Balaban J connectivity index is 1.62. The van der Waals surface area contributed by atoms with Gasteiger partial charge in [-0.15, -0.1) is 0 Å². The number of allylic oxidation sites excluding steroid dienone is 1. The zero-order valence-corrected chi connectivity index (χ0v) is 24.5. The molecule has 1 N–H and O–H groups in total. The topological polar surface area (TPSA) is 94.9 Å². The molecule has 3 aromatic carbocycles. The van der Waals surface area contributed by atoms with Gasteiger partial charge in [-0.3, -0.25) is 9.36 Å². The minimum atomic E-state index is -0.806. The molecule has 8 nitrogen and oxygen atoms in total. The number of nitrogens with zero attached hydrogens (tertiary/aromatic N) is 2. The molecule has 1 aliphatic heterocycles. The zero-order valence-electron chi connectivity index (χ0n) is 23.6. The Morgan fingerprint density at radius 1 is 1.05 bits per heavy atom. The van der Waals surface area contributed by atoms with E-state index >= 15 is 0 Å². The lowest BCUT2D eigenvalue weighted by Gasteiger charge is -2.26. The number of H-pyrrole nitrogens is 1. The third kappa shape index (κ3) is 4.61. The first-order chi connectivity index (χ1) is 20.4. The Morgan fingerprint density at radius 2 is 1.81 bits per heavy atom. The Hall–Kier alpha value is -4.89. The van der Waals surface area contributed by atoms with Crippen LogP contribution in [0, 0.1) is 0 Å². The molecule has 1 aliphatic rings. The van der Waals surface area contributed by atoms with Crippen molar-refractivity contribution in [1.29, 1.82) is 0 Å². The predicted octanol–water partition coefficient (Wildman–Crippen LogP) is 4.96. The summed E-state index contributed by atoms with van der Waals surface area (Å²) in [7, 11) is 3.12. The van der Waals surface area contributed by atoms with Gasteiger partial charge in [0.1, 0.15) is 17.5 Å². The summed E-state index contributed by atoms with van der Waals surface area (Å²) in [5, 5.41) is 0.999. The van der Waals surface area contributed by atoms with Crippen molar-refractivity contribution in [2.45, 2.75) is 19.9 Å². The number of aromatic amines is 1. The fourth-order valence-corrected chi connectivity index (χ4v) is 6.44. The average Bonchev–Trinajstić information content (AvgIpc) is 3.53. The molecule has 1 atom stereocenters. The SMILES string of the molecule is CCOC(=O)C1=C(C)N=c2s/c(=C/c3c(-c4ccccc4)[nH]c4ccccc34)c(=O)n2[C@@H]1c1ccc(OC)cc1OC. The predicted molar refractivity (Wildman–Crippen MR) is 164 cm³/mol. The van der Waals surface area contributed by atoms with Crippen LogP contribution in [0.2, 0.25) is 0 Å². The van der Waals surface area contributed by atoms with Crippen molar-refractivity contribution < 1.29 is 19.0 Å². The molecule has 0 saturated heterocycles. The highest BCUT2D eigenvalue weighted by atomic mass is 32.1. The van der Waals surface area contributed by atoms with Gasteiger partial charge in [0.05, 0.1) is 42.3 Å². The summed E-state index contributed by atoms with van der Waals surface area (Å²) in [5.74, 6) is 0.543. The van der Waals surface area contributed by atoms with Crippen LogP contribution >= 0.6 is 11.3 Å². The molecule has 42 heavy (non-hydrogen) atoms. The van der Waals surface area contributed by atoms with Crippen molar-refractivity contribution in [3.05, 3.63) is 115 Å². The third-order valence-electron chi connectivity index (χ3n) is 7.34. The van der Waals surface area contributed by atoms with E-state index in [1.165, 1.54) is 11.3 Å². The number of hydrogen-bond acceptors (Lipinski definition) is 7. The maximum atomic E-state index is 14.3. The van der Waals surface area contributed by atoms with Crippen molar-refractivity contribution in [3.63, 3.8) is 0 Å². The molecule has 0 bridgehead atoms. The van der Waals surface area contributed by atoms with Crippen LogP contribution in [0.3, 0.4) is 0 Å². The van der Waals surface area contributed by atoms with E-state index < -0.39 is 12.0 Å². The minimum Gasteiger partial charge on any atom is -0.497 e. The van der Waals surface area contributed by atoms with Gasteiger partial charge in [-0.05, 0) is 43.7 Å². The number of hydrogen-bond donors (Lipinski definition) is 1. The zero-order chi connectivity index (χ0) is 29.4. The van der Waals surface area contributed by atoms with Gasteiger partial charge >= 0.3 is 5.97 Å². The van der Waals surface area contributed by atoms with Crippen molar-refractivity contribution in [1.82, 2.24) is 9.55 Å². The van der Waals surface area contributed by atoms with E-state index in [9.17, 15) is 9.59 Å². The number of carbonyl (C=O) groups is 1. The highest BCUT2D eigenvalue weighted by Gasteiger charge is 2.35. The monoisotopic (exact) mass is 579 g/mol. The molecular formula is C33H29N3O5S. The van der Waals surface area contributed by atoms with Crippen molar-refractivity contribution in [2.24, 2.45) is 4.99 Å². The molecule has 0 fully saturated rings. The molecule has 0 amide bonds. The number of thiazole rings is 1. The molecule has 0 aliphatic carbocycles. The van der Waals surface area contributed by atoms with Crippen molar-refractivity contribution >= 4 is 34.3 Å². The first-order valence-electron chi connectivity index (χ1n) is 13.5. The number of nitrogens with one attached hydrogen (secondary N) is 1. The van der Waals surface area contributed by atoms with Crippen LogP contribution in [0.15, 0.2) is 93.9 Å². The van der Waals surface area contributed by atoms with Gasteiger partial charge in [0.25, 0.3) is 5.56 Å². The highest BCUT2D eigenvalue weighted by molar-refractivity contribution is 7.07. The van der Waals surface area contributed by atoms with Crippen LogP contribution in [-0.4, -0.2) is 36.3 Å². The maximum absolute atomic E-state index is 14.3. The highest BCUT2D eigenvalue weighted by Crippen LogP contribution is 2.38. The number of esters is 1. The van der Waals surface area contributed by atoms with E-state index in [1.807, 2.05) is 66.7 Å². The van der Waals surface area contributed by atoms with Crippen LogP contribution in [-0.2, 0) is 9.53 Å². The molecular weight excluding hydrogens is 550 g/mol. The number of fused-ring (bicyclic) bond motifs is 2. The Labute approximate surface area is 245 Å². The number of methoxy groups -OCH3 is 2. The smallest absolute Gasteiger partial charge is 0.338 e. The lowest BCUT2D eigenvalue weighted by Crippen LogP contribution is -2.40. The van der Waals surface area contributed by atoms with Crippen LogP contribution < -0.4 is 24.4 Å². The summed E-state index contributed by atoms with van der Waals surface area (Å²) in [6.45, 7) is 3.70. The first-order valence-corrected chi connectivity index (χ1v) is 14.3. The first kappa shape index (κ1) is 27.3. The summed E-state index contributed by atoms with van der Waals surface area (Å²) < 4.78 is 18.6. The molecule has 6 rings (SSSR count). The van der Waals surface area contributed by atoms with Crippen molar-refractivity contribution in [2.75, 3.05) is 20.8 Å². The second kappa shape index (κ2) is 11.2. The molecule has 0 saturated carbocycles. The lowest BCUT2D eigenvalue weighted by atomic mass is 9.95. The lowest BCUT2D eigenvalue weighted by molar-refractivity contribution is -0.139. The average molecular weight is 580 g/mol. The summed E-state index contributed by atoms with van der Waals surface area (Å²) in [5.41, 5.74) is 4.94. The number of carbonyl (C=O) groups excluding carboxylic acids is 1. The van der Waals surface area contributed by atoms with Crippen LogP contribution in [0.25, 0.3) is 28.2 Å². The quantitative estimate of drug-likeness (QED) is 0.275. The van der Waals surface area contributed by atoms with Gasteiger partial charge in [0.15, 0.2) is 4.80 Å². The van der Waals surface area contributed by atoms with Gasteiger partial charge in [-0.25, -0.2) is 9.79 Å². The molecule has 9 heteroatoms. The number of aromatic nitrogens is 2. The van der Waals surface area contributed by atoms with Gasteiger partial charge in [0, 0.05) is 28.1 Å². The van der Waals surface area contributed by atoms with Gasteiger partial charge in [-0.1, -0.05) is 59.9 Å². The Morgan fingerprint density at radius 3 is 2.55 bits per heavy atom. The molecule has 3 heterocycles. The molecule has 5 aromatic rings. The summed E-state index contributed by atoms with van der Waals surface area (Å²) in [6, 6.07) is 22.6. The fourth-order valence-electron chi connectivity index (χ4n) is 5.41. The Bertz CT molecular complexity index is 2040. The van der Waals surface area contributed by atoms with Crippen molar-refractivity contribution in [3.8, 4) is 22.8 Å². The van der Waals surface area contributed by atoms with Crippen LogP contribution in [0.5, 0.6) is 11.5 Å². The van der Waals surface area contributed by atoms with Crippen LogP contribution in [0.4, 0.5) is 0 Å². The Kier molecular flexibility index (Phi) is 7.26. The van der Waals surface area contributed by atoms with E-state index in [1.54, 1.807) is 44.8 Å². The number of ether oxygens (including phenoxy) is 3. The second-order valence-electron chi connectivity index (χ2n) is 9.74. The van der Waals surface area contributed by atoms with E-state index in [-0.39, 0.29) is 17.7 Å². The number of benzene rings is 3.